The van der Waals surface area contributed by atoms with E-state index in [4.69, 9.17) is 0 Å². The third-order valence-corrected chi connectivity index (χ3v) is 2.60. The molecule has 0 aliphatic carbocycles. The zero-order chi connectivity index (χ0) is 11.7. The number of aliphatic hydroxyl groups excluding tert-OH is 1. The minimum atomic E-state index is -0.477. The van der Waals surface area contributed by atoms with Gasteiger partial charge >= 0.3 is 0 Å². The fraction of sp³-hybridized carbons (Fsp3) is 0.364. The van der Waals surface area contributed by atoms with Crippen molar-refractivity contribution < 1.29 is 20.1 Å². The van der Waals surface area contributed by atoms with Gasteiger partial charge in [0.2, 0.25) is 0 Å². The summed E-state index contributed by atoms with van der Waals surface area (Å²) in [6, 6.07) is 3.76. The molecule has 1 saturated heterocycles. The van der Waals surface area contributed by atoms with Gasteiger partial charge in [0.05, 0.1) is 6.10 Å². The number of carbonyl (C=O) groups excluding carboxylic acids is 1. The number of β-amino-alcohol motifs (C(OH)–C–C–N with tert-alkyl or cyclic N) is 1. The molecular formula is C11H13NO4. The summed E-state index contributed by atoms with van der Waals surface area (Å²) in [5, 5.41) is 27.8. The molecule has 0 spiro atoms. The number of amides is 1. The number of phenols is 2. The van der Waals surface area contributed by atoms with E-state index in [0.717, 1.165) is 6.07 Å². The number of rotatable bonds is 1. The maximum atomic E-state index is 11.9. The minimum absolute atomic E-state index is 0.150. The van der Waals surface area contributed by atoms with Crippen molar-refractivity contribution in [2.75, 3.05) is 13.1 Å². The molecule has 86 valence electrons. The van der Waals surface area contributed by atoms with E-state index in [0.29, 0.717) is 19.5 Å². The molecule has 1 aliphatic heterocycles. The summed E-state index contributed by atoms with van der Waals surface area (Å²) in [7, 11) is 0. The first-order chi connectivity index (χ1) is 7.56. The largest absolute Gasteiger partial charge is 0.508 e. The van der Waals surface area contributed by atoms with Gasteiger partial charge in [0, 0.05) is 24.7 Å². The Bertz CT molecular complexity index is 398. The van der Waals surface area contributed by atoms with Gasteiger partial charge in [-0.1, -0.05) is 0 Å². The van der Waals surface area contributed by atoms with Crippen LogP contribution in [-0.2, 0) is 0 Å². The lowest BCUT2D eigenvalue weighted by molar-refractivity contribution is 0.0764. The van der Waals surface area contributed by atoms with Gasteiger partial charge in [0.25, 0.3) is 5.91 Å². The van der Waals surface area contributed by atoms with Crippen molar-refractivity contribution in [1.29, 1.82) is 0 Å². The van der Waals surface area contributed by atoms with Crippen LogP contribution >= 0.6 is 0 Å². The monoisotopic (exact) mass is 223 g/mol. The lowest BCUT2D eigenvalue weighted by atomic mass is 10.2. The van der Waals surface area contributed by atoms with Gasteiger partial charge in [-0.05, 0) is 18.6 Å². The lowest BCUT2D eigenvalue weighted by Gasteiger charge is -2.15. The van der Waals surface area contributed by atoms with Crippen molar-refractivity contribution in [2.45, 2.75) is 12.5 Å². The van der Waals surface area contributed by atoms with Crippen molar-refractivity contribution in [1.82, 2.24) is 4.90 Å². The number of phenolic OH excluding ortho intramolecular Hbond substituents is 2. The van der Waals surface area contributed by atoms with E-state index in [1.165, 1.54) is 17.0 Å². The molecule has 1 heterocycles. The van der Waals surface area contributed by atoms with Crippen LogP contribution in [0.5, 0.6) is 11.5 Å². The zero-order valence-electron chi connectivity index (χ0n) is 8.63. The molecule has 1 aliphatic rings. The first kappa shape index (κ1) is 10.8. The van der Waals surface area contributed by atoms with Crippen LogP contribution in [0.25, 0.3) is 0 Å². The Kier molecular flexibility index (Phi) is 2.70. The molecule has 0 unspecified atom stereocenters. The average molecular weight is 223 g/mol. The maximum absolute atomic E-state index is 11.9. The molecule has 2 rings (SSSR count). The molecule has 16 heavy (non-hydrogen) atoms. The highest BCUT2D eigenvalue weighted by molar-refractivity contribution is 5.95. The molecule has 3 N–H and O–H groups in total. The number of aliphatic hydroxyl groups is 1. The van der Waals surface area contributed by atoms with E-state index in [2.05, 4.69) is 0 Å². The highest BCUT2D eigenvalue weighted by Gasteiger charge is 2.25. The minimum Gasteiger partial charge on any atom is -0.508 e. The van der Waals surface area contributed by atoms with Gasteiger partial charge in [-0.3, -0.25) is 4.79 Å². The Labute approximate surface area is 92.6 Å². The maximum Gasteiger partial charge on any atom is 0.254 e. The van der Waals surface area contributed by atoms with Crippen LogP contribution in [-0.4, -0.2) is 45.3 Å². The van der Waals surface area contributed by atoms with Gasteiger partial charge in [0.1, 0.15) is 11.5 Å². The third kappa shape index (κ3) is 2.09. The predicted octanol–water partition coefficient (Wildman–Crippen LogP) is 0.305. The van der Waals surface area contributed by atoms with Gasteiger partial charge in [-0.15, -0.1) is 0 Å². The second-order valence-corrected chi connectivity index (χ2v) is 3.93. The molecule has 0 aromatic heterocycles. The number of hydrogen-bond acceptors (Lipinski definition) is 4. The van der Waals surface area contributed by atoms with Crippen molar-refractivity contribution >= 4 is 5.91 Å². The predicted molar refractivity (Wildman–Crippen MR) is 56.3 cm³/mol. The second-order valence-electron chi connectivity index (χ2n) is 3.93. The highest BCUT2D eigenvalue weighted by Crippen LogP contribution is 2.22. The lowest BCUT2D eigenvalue weighted by Crippen LogP contribution is -2.29. The number of likely N-dealkylation sites (tertiary alicyclic amines) is 1. The fourth-order valence-electron chi connectivity index (χ4n) is 1.83. The summed E-state index contributed by atoms with van der Waals surface area (Å²) in [6.07, 6.45) is 0.0890. The summed E-state index contributed by atoms with van der Waals surface area (Å²) in [5.41, 5.74) is 0.228. The molecule has 1 aromatic carbocycles. The van der Waals surface area contributed by atoms with E-state index >= 15 is 0 Å². The number of benzene rings is 1. The summed E-state index contributed by atoms with van der Waals surface area (Å²) in [6.45, 7) is 0.797. The average Bonchev–Trinajstić information content (AvgIpc) is 2.62. The van der Waals surface area contributed by atoms with Crippen molar-refractivity contribution in [2.24, 2.45) is 0 Å². The molecule has 1 atom stereocenters. The standard InChI is InChI=1S/C11H13NO4/c13-8-1-2-12(6-8)11(16)7-3-9(14)5-10(15)4-7/h3-5,8,13-15H,1-2,6H2/t8-/m1/s1. The molecular weight excluding hydrogens is 210 g/mol. The van der Waals surface area contributed by atoms with E-state index in [1.807, 2.05) is 0 Å². The van der Waals surface area contributed by atoms with Crippen LogP contribution in [0.4, 0.5) is 0 Å². The Balaban J connectivity index is 2.20. The Morgan fingerprint density at radius 2 is 1.88 bits per heavy atom. The Morgan fingerprint density at radius 1 is 1.25 bits per heavy atom. The Hall–Kier alpha value is -1.75. The van der Waals surface area contributed by atoms with Crippen molar-refractivity contribution in [3.63, 3.8) is 0 Å². The van der Waals surface area contributed by atoms with Gasteiger partial charge in [0.15, 0.2) is 0 Å². The molecule has 0 saturated carbocycles. The van der Waals surface area contributed by atoms with Crippen LogP contribution in [0.2, 0.25) is 0 Å². The summed E-state index contributed by atoms with van der Waals surface area (Å²) in [5.74, 6) is -0.589. The van der Waals surface area contributed by atoms with Crippen LogP contribution in [0.3, 0.4) is 0 Å². The highest BCUT2D eigenvalue weighted by atomic mass is 16.3. The summed E-state index contributed by atoms with van der Waals surface area (Å²) >= 11 is 0. The normalized spacial score (nSPS) is 20.1. The van der Waals surface area contributed by atoms with Crippen LogP contribution < -0.4 is 0 Å². The number of hydrogen-bond donors (Lipinski definition) is 3. The van der Waals surface area contributed by atoms with Gasteiger partial charge < -0.3 is 20.2 Å². The van der Waals surface area contributed by atoms with E-state index in [1.54, 1.807) is 0 Å². The topological polar surface area (TPSA) is 81.0 Å². The van der Waals surface area contributed by atoms with Crippen molar-refractivity contribution in [3.8, 4) is 11.5 Å². The molecule has 1 aromatic rings. The molecule has 1 fully saturated rings. The summed E-state index contributed by atoms with van der Waals surface area (Å²) in [4.78, 5) is 13.4. The fourth-order valence-corrected chi connectivity index (χ4v) is 1.83. The first-order valence-electron chi connectivity index (χ1n) is 5.06. The second kappa shape index (κ2) is 4.02. The quantitative estimate of drug-likeness (QED) is 0.639. The first-order valence-corrected chi connectivity index (χ1v) is 5.06. The van der Waals surface area contributed by atoms with Crippen molar-refractivity contribution in [3.05, 3.63) is 23.8 Å². The van der Waals surface area contributed by atoms with Crippen LogP contribution in [0.15, 0.2) is 18.2 Å². The third-order valence-electron chi connectivity index (χ3n) is 2.60. The molecule has 0 bridgehead atoms. The molecule has 0 radical (unpaired) electrons. The summed E-state index contributed by atoms with van der Waals surface area (Å²) < 4.78 is 0. The van der Waals surface area contributed by atoms with Crippen LogP contribution in [0.1, 0.15) is 16.8 Å². The van der Waals surface area contributed by atoms with Crippen LogP contribution in [0, 0.1) is 0 Å². The van der Waals surface area contributed by atoms with E-state index < -0.39 is 6.10 Å². The van der Waals surface area contributed by atoms with E-state index in [9.17, 15) is 20.1 Å². The molecule has 5 heteroatoms. The van der Waals surface area contributed by atoms with Gasteiger partial charge in [-0.2, -0.15) is 0 Å². The van der Waals surface area contributed by atoms with E-state index in [-0.39, 0.29) is 23.0 Å². The SMILES string of the molecule is O=C(c1cc(O)cc(O)c1)N1CC[C@@H](O)C1. The number of carbonyl (C=O) groups is 1. The van der Waals surface area contributed by atoms with Gasteiger partial charge in [-0.25, -0.2) is 0 Å². The molecule has 5 nitrogen and oxygen atoms in total. The zero-order valence-corrected chi connectivity index (χ0v) is 8.63. The Morgan fingerprint density at radius 3 is 2.38 bits per heavy atom. The molecule has 1 amide bonds. The smallest absolute Gasteiger partial charge is 0.254 e. The number of aromatic hydroxyl groups is 2. The number of nitrogens with zero attached hydrogens (tertiary/aromatic N) is 1.